The van der Waals surface area contributed by atoms with Crippen molar-refractivity contribution in [2.75, 3.05) is 13.1 Å². The van der Waals surface area contributed by atoms with Crippen LogP contribution in [-0.4, -0.2) is 42.7 Å². The molecule has 142 valence electrons. The lowest BCUT2D eigenvalue weighted by Gasteiger charge is -2.24. The van der Waals surface area contributed by atoms with Crippen LogP contribution in [0.4, 0.5) is 5.69 Å². The number of hydrogen-bond donors (Lipinski definition) is 1. The van der Waals surface area contributed by atoms with Crippen molar-refractivity contribution in [3.8, 4) is 0 Å². The van der Waals surface area contributed by atoms with Crippen LogP contribution in [0.15, 0.2) is 59.5 Å². The Labute approximate surface area is 157 Å². The van der Waals surface area contributed by atoms with Crippen LogP contribution in [0.25, 0.3) is 0 Å². The van der Waals surface area contributed by atoms with E-state index in [2.05, 4.69) is 5.32 Å². The maximum absolute atomic E-state index is 12.8. The summed E-state index contributed by atoms with van der Waals surface area (Å²) >= 11 is 0. The Morgan fingerprint density at radius 1 is 1.19 bits per heavy atom. The van der Waals surface area contributed by atoms with Crippen LogP contribution in [0.1, 0.15) is 23.2 Å². The fourth-order valence-electron chi connectivity index (χ4n) is 3.13. The lowest BCUT2D eigenvalue weighted by atomic mass is 10.1. The minimum atomic E-state index is -3.63. The zero-order chi connectivity index (χ0) is 19.4. The molecule has 0 radical (unpaired) electrons. The Bertz CT molecular complexity index is 946. The molecule has 9 heteroatoms. The van der Waals surface area contributed by atoms with E-state index >= 15 is 0 Å². The molecule has 27 heavy (non-hydrogen) atoms. The first-order chi connectivity index (χ1) is 12.9. The minimum absolute atomic E-state index is 0.146. The molecule has 1 N–H and O–H groups in total. The van der Waals surface area contributed by atoms with E-state index in [0.717, 1.165) is 0 Å². The Kier molecular flexibility index (Phi) is 5.52. The van der Waals surface area contributed by atoms with E-state index in [1.54, 1.807) is 30.3 Å². The van der Waals surface area contributed by atoms with E-state index in [-0.39, 0.29) is 28.7 Å². The Morgan fingerprint density at radius 2 is 1.93 bits per heavy atom. The zero-order valence-corrected chi connectivity index (χ0v) is 15.3. The SMILES string of the molecule is O=C(NC[C@@H]1CCCN1S(=O)(=O)c1ccccc1)c1cccc([N+](=O)[O-])c1. The summed E-state index contributed by atoms with van der Waals surface area (Å²) < 4.78 is 27.0. The van der Waals surface area contributed by atoms with Gasteiger partial charge in [0.05, 0.1) is 9.82 Å². The average molecular weight is 389 g/mol. The van der Waals surface area contributed by atoms with E-state index in [4.69, 9.17) is 0 Å². The lowest BCUT2D eigenvalue weighted by molar-refractivity contribution is -0.384. The van der Waals surface area contributed by atoms with E-state index in [1.807, 2.05) is 0 Å². The molecule has 0 aliphatic carbocycles. The van der Waals surface area contributed by atoms with Crippen LogP contribution in [-0.2, 0) is 10.0 Å². The summed E-state index contributed by atoms with van der Waals surface area (Å²) in [4.78, 5) is 22.8. The van der Waals surface area contributed by atoms with Gasteiger partial charge in [0.2, 0.25) is 10.0 Å². The third-order valence-corrected chi connectivity index (χ3v) is 6.46. The summed E-state index contributed by atoms with van der Waals surface area (Å²) in [5, 5.41) is 13.5. The molecule has 3 rings (SSSR count). The average Bonchev–Trinajstić information content (AvgIpc) is 3.16. The number of hydrogen-bond acceptors (Lipinski definition) is 5. The largest absolute Gasteiger partial charge is 0.350 e. The van der Waals surface area contributed by atoms with Gasteiger partial charge >= 0.3 is 0 Å². The van der Waals surface area contributed by atoms with Crippen LogP contribution in [0.2, 0.25) is 0 Å². The zero-order valence-electron chi connectivity index (χ0n) is 14.4. The summed E-state index contributed by atoms with van der Waals surface area (Å²) in [6.07, 6.45) is 1.35. The van der Waals surface area contributed by atoms with Gasteiger partial charge in [0, 0.05) is 36.8 Å². The van der Waals surface area contributed by atoms with E-state index in [0.29, 0.717) is 19.4 Å². The maximum Gasteiger partial charge on any atom is 0.270 e. The quantitative estimate of drug-likeness (QED) is 0.601. The molecule has 0 bridgehead atoms. The van der Waals surface area contributed by atoms with Gasteiger partial charge in [-0.25, -0.2) is 8.42 Å². The molecule has 1 atom stereocenters. The fourth-order valence-corrected chi connectivity index (χ4v) is 4.84. The third kappa shape index (κ3) is 4.15. The summed E-state index contributed by atoms with van der Waals surface area (Å²) in [5.74, 6) is -0.470. The predicted molar refractivity (Wildman–Crippen MR) is 98.8 cm³/mol. The highest BCUT2D eigenvalue weighted by Gasteiger charge is 2.35. The molecule has 0 aromatic heterocycles. The number of carbonyl (C=O) groups is 1. The van der Waals surface area contributed by atoms with Crippen molar-refractivity contribution in [1.29, 1.82) is 0 Å². The van der Waals surface area contributed by atoms with Crippen LogP contribution >= 0.6 is 0 Å². The van der Waals surface area contributed by atoms with Gasteiger partial charge in [-0.05, 0) is 31.0 Å². The van der Waals surface area contributed by atoms with Crippen molar-refractivity contribution in [3.05, 3.63) is 70.3 Å². The van der Waals surface area contributed by atoms with Crippen molar-refractivity contribution in [3.63, 3.8) is 0 Å². The molecule has 1 aliphatic heterocycles. The number of rotatable bonds is 6. The second-order valence-electron chi connectivity index (χ2n) is 6.24. The van der Waals surface area contributed by atoms with Crippen molar-refractivity contribution >= 4 is 21.6 Å². The summed E-state index contributed by atoms with van der Waals surface area (Å²) in [5.41, 5.74) is -0.00328. The van der Waals surface area contributed by atoms with Gasteiger partial charge in [-0.1, -0.05) is 24.3 Å². The van der Waals surface area contributed by atoms with E-state index in [1.165, 1.54) is 28.6 Å². The molecule has 1 fully saturated rings. The molecule has 1 heterocycles. The normalized spacial score (nSPS) is 17.6. The van der Waals surface area contributed by atoms with Crippen LogP contribution in [0, 0.1) is 10.1 Å². The fraction of sp³-hybridized carbons (Fsp3) is 0.278. The van der Waals surface area contributed by atoms with Gasteiger partial charge < -0.3 is 5.32 Å². The molecule has 1 saturated heterocycles. The Balaban J connectivity index is 1.69. The number of nitrogens with one attached hydrogen (secondary N) is 1. The highest BCUT2D eigenvalue weighted by molar-refractivity contribution is 7.89. The molecule has 0 spiro atoms. The second kappa shape index (κ2) is 7.85. The van der Waals surface area contributed by atoms with Gasteiger partial charge in [-0.2, -0.15) is 4.31 Å². The highest BCUT2D eigenvalue weighted by Crippen LogP contribution is 2.25. The maximum atomic E-state index is 12.8. The molecule has 2 aromatic carbocycles. The van der Waals surface area contributed by atoms with Crippen LogP contribution in [0.3, 0.4) is 0 Å². The first-order valence-corrected chi connectivity index (χ1v) is 9.93. The van der Waals surface area contributed by atoms with Gasteiger partial charge in [0.25, 0.3) is 11.6 Å². The van der Waals surface area contributed by atoms with Gasteiger partial charge in [-0.15, -0.1) is 0 Å². The number of carbonyl (C=O) groups excluding carboxylic acids is 1. The van der Waals surface area contributed by atoms with Gasteiger partial charge in [0.1, 0.15) is 0 Å². The number of nitro benzene ring substituents is 1. The second-order valence-corrected chi connectivity index (χ2v) is 8.13. The smallest absolute Gasteiger partial charge is 0.270 e. The van der Waals surface area contributed by atoms with E-state index < -0.39 is 20.9 Å². The number of nitro groups is 1. The van der Waals surface area contributed by atoms with Gasteiger partial charge in [0.15, 0.2) is 0 Å². The number of non-ortho nitro benzene ring substituents is 1. The number of sulfonamides is 1. The van der Waals surface area contributed by atoms with Crippen LogP contribution < -0.4 is 5.32 Å². The summed E-state index contributed by atoms with van der Waals surface area (Å²) in [7, 11) is -3.63. The molecule has 1 aliphatic rings. The number of amides is 1. The first kappa shape index (κ1) is 19.0. The number of benzene rings is 2. The van der Waals surface area contributed by atoms with Crippen molar-refractivity contribution in [1.82, 2.24) is 9.62 Å². The lowest BCUT2D eigenvalue weighted by Crippen LogP contribution is -2.43. The van der Waals surface area contributed by atoms with E-state index in [9.17, 15) is 23.3 Å². The van der Waals surface area contributed by atoms with Crippen LogP contribution in [0.5, 0.6) is 0 Å². The first-order valence-electron chi connectivity index (χ1n) is 8.49. The number of nitrogens with zero attached hydrogens (tertiary/aromatic N) is 2. The predicted octanol–water partition coefficient (Wildman–Crippen LogP) is 2.18. The highest BCUT2D eigenvalue weighted by atomic mass is 32.2. The Hall–Kier alpha value is -2.78. The molecule has 0 unspecified atom stereocenters. The van der Waals surface area contributed by atoms with Crippen molar-refractivity contribution < 1.29 is 18.1 Å². The van der Waals surface area contributed by atoms with Crippen molar-refractivity contribution in [2.45, 2.75) is 23.8 Å². The summed E-state index contributed by atoms with van der Waals surface area (Å²) in [6, 6.07) is 13.3. The monoisotopic (exact) mass is 389 g/mol. The summed E-state index contributed by atoms with van der Waals surface area (Å²) in [6.45, 7) is 0.544. The van der Waals surface area contributed by atoms with Crippen molar-refractivity contribution in [2.24, 2.45) is 0 Å². The molecular formula is C18H19N3O5S. The standard InChI is InChI=1S/C18H19N3O5S/c22-18(14-6-4-7-15(12-14)21(23)24)19-13-16-8-5-11-20(16)27(25,26)17-9-2-1-3-10-17/h1-4,6-7,9-10,12,16H,5,8,11,13H2,(H,19,22)/t16-/m0/s1. The van der Waals surface area contributed by atoms with Gasteiger partial charge in [-0.3, -0.25) is 14.9 Å². The molecular weight excluding hydrogens is 370 g/mol. The third-order valence-electron chi connectivity index (χ3n) is 4.49. The molecule has 2 aromatic rings. The molecule has 0 saturated carbocycles. The molecule has 8 nitrogen and oxygen atoms in total. The topological polar surface area (TPSA) is 110 Å². The minimum Gasteiger partial charge on any atom is -0.350 e. The Morgan fingerprint density at radius 3 is 2.63 bits per heavy atom. The molecule has 1 amide bonds.